The van der Waals surface area contributed by atoms with Crippen LogP contribution in [0.25, 0.3) is 0 Å². The number of nitrogens with zero attached hydrogens (tertiary/aromatic N) is 1. The number of thioether (sulfide) groups is 1. The molecular formula is C20H19NO6S. The number of carbonyl (C=O) groups is 2. The van der Waals surface area contributed by atoms with E-state index in [1.165, 1.54) is 11.8 Å². The van der Waals surface area contributed by atoms with Crippen LogP contribution in [0.2, 0.25) is 0 Å². The van der Waals surface area contributed by atoms with Gasteiger partial charge >= 0.3 is 0 Å². The molecule has 1 saturated heterocycles. The highest BCUT2D eigenvalue weighted by molar-refractivity contribution is 7.99. The number of imide groups is 1. The highest BCUT2D eigenvalue weighted by Gasteiger charge is 2.52. The van der Waals surface area contributed by atoms with E-state index in [4.69, 9.17) is 4.74 Å². The molecule has 2 heterocycles. The third kappa shape index (κ3) is 3.13. The van der Waals surface area contributed by atoms with Gasteiger partial charge < -0.3 is 20.1 Å². The summed E-state index contributed by atoms with van der Waals surface area (Å²) in [4.78, 5) is 27.6. The number of aliphatic hydroxyl groups is 3. The maximum atomic E-state index is 12.9. The number of aliphatic hydroxyl groups excluding tert-OH is 3. The minimum Gasteiger partial charge on any atom is -0.394 e. The van der Waals surface area contributed by atoms with Crippen LogP contribution in [0.1, 0.15) is 20.7 Å². The normalized spacial score (nSPS) is 29.8. The molecule has 2 unspecified atom stereocenters. The summed E-state index contributed by atoms with van der Waals surface area (Å²) in [5.74, 6) is -1.08. The fourth-order valence-electron chi connectivity index (χ4n) is 3.55. The van der Waals surface area contributed by atoms with Gasteiger partial charge in [0.2, 0.25) is 0 Å². The summed E-state index contributed by atoms with van der Waals surface area (Å²) in [5.41, 5.74) is -0.357. The van der Waals surface area contributed by atoms with E-state index in [1.807, 2.05) is 30.3 Å². The first-order valence-electron chi connectivity index (χ1n) is 8.84. The van der Waals surface area contributed by atoms with Crippen LogP contribution < -0.4 is 0 Å². The van der Waals surface area contributed by atoms with E-state index < -0.39 is 48.2 Å². The number of carbonyl (C=O) groups excluding carboxylic acids is 2. The molecule has 2 aliphatic heterocycles. The highest BCUT2D eigenvalue weighted by Crippen LogP contribution is 2.38. The number of benzene rings is 2. The fourth-order valence-corrected chi connectivity index (χ4v) is 4.75. The van der Waals surface area contributed by atoms with Gasteiger partial charge in [-0.15, -0.1) is 0 Å². The lowest BCUT2D eigenvalue weighted by Crippen LogP contribution is -2.64. The first-order chi connectivity index (χ1) is 13.5. The van der Waals surface area contributed by atoms with E-state index in [2.05, 4.69) is 0 Å². The average Bonchev–Trinajstić information content (AvgIpc) is 2.97. The first kappa shape index (κ1) is 19.1. The van der Waals surface area contributed by atoms with Crippen molar-refractivity contribution < 1.29 is 29.6 Å². The summed E-state index contributed by atoms with van der Waals surface area (Å²) in [6, 6.07) is 14.5. The van der Waals surface area contributed by atoms with Crippen molar-refractivity contribution in [2.45, 2.75) is 34.7 Å². The van der Waals surface area contributed by atoms with Crippen LogP contribution in [0, 0.1) is 0 Å². The lowest BCUT2D eigenvalue weighted by molar-refractivity contribution is -0.181. The molecule has 1 fully saturated rings. The Labute approximate surface area is 165 Å². The van der Waals surface area contributed by atoms with Crippen LogP contribution in [0.5, 0.6) is 0 Å². The number of hydrogen-bond acceptors (Lipinski definition) is 7. The van der Waals surface area contributed by atoms with Gasteiger partial charge in [-0.25, -0.2) is 0 Å². The minimum atomic E-state index is -1.46. The van der Waals surface area contributed by atoms with Crippen molar-refractivity contribution in [1.82, 2.24) is 4.90 Å². The predicted octanol–water partition coefficient (Wildman–Crippen LogP) is 0.883. The maximum absolute atomic E-state index is 12.9. The Morgan fingerprint density at radius 3 is 2.04 bits per heavy atom. The zero-order valence-corrected chi connectivity index (χ0v) is 15.5. The minimum absolute atomic E-state index is 0.252. The summed E-state index contributed by atoms with van der Waals surface area (Å²) >= 11 is 1.22. The Bertz CT molecular complexity index is 856. The quantitative estimate of drug-likeness (QED) is 0.653. The molecule has 2 aromatic rings. The molecule has 146 valence electrons. The summed E-state index contributed by atoms with van der Waals surface area (Å²) < 4.78 is 5.80. The lowest BCUT2D eigenvalue weighted by Gasteiger charge is -2.44. The molecule has 4 rings (SSSR count). The maximum Gasteiger partial charge on any atom is 0.262 e. The zero-order chi connectivity index (χ0) is 19.8. The molecule has 0 aliphatic carbocycles. The summed E-state index contributed by atoms with van der Waals surface area (Å²) in [6.07, 6.45) is -3.93. The Kier molecular flexibility index (Phi) is 5.22. The van der Waals surface area contributed by atoms with Crippen molar-refractivity contribution in [3.05, 3.63) is 65.7 Å². The number of ether oxygens (including phenoxy) is 1. The van der Waals surface area contributed by atoms with Crippen molar-refractivity contribution in [3.63, 3.8) is 0 Å². The molecule has 0 spiro atoms. The summed E-state index contributed by atoms with van der Waals surface area (Å²) in [7, 11) is 0. The molecule has 2 amide bonds. The monoisotopic (exact) mass is 401 g/mol. The molecule has 0 aromatic heterocycles. The predicted molar refractivity (Wildman–Crippen MR) is 101 cm³/mol. The van der Waals surface area contributed by atoms with Crippen LogP contribution in [0.15, 0.2) is 59.5 Å². The molecule has 0 saturated carbocycles. The summed E-state index contributed by atoms with van der Waals surface area (Å²) in [6.45, 7) is -0.501. The van der Waals surface area contributed by atoms with Crippen molar-refractivity contribution in [3.8, 4) is 0 Å². The van der Waals surface area contributed by atoms with Crippen molar-refractivity contribution >= 4 is 23.6 Å². The Morgan fingerprint density at radius 2 is 1.46 bits per heavy atom. The molecular weight excluding hydrogens is 382 g/mol. The third-order valence-corrected chi connectivity index (χ3v) is 6.13. The van der Waals surface area contributed by atoms with E-state index in [-0.39, 0.29) is 11.1 Å². The SMILES string of the molecule is O=C1c2ccccc2C(=O)N1C1[C@@H](O)[C@H](O)C(CO)O[C@H]1Sc1ccccc1. The number of hydrogen-bond donors (Lipinski definition) is 3. The van der Waals surface area contributed by atoms with E-state index in [0.717, 1.165) is 9.80 Å². The van der Waals surface area contributed by atoms with Gasteiger partial charge in [0.05, 0.1) is 17.7 Å². The van der Waals surface area contributed by atoms with Crippen LogP contribution in [-0.4, -0.2) is 68.4 Å². The molecule has 5 atom stereocenters. The first-order valence-corrected chi connectivity index (χ1v) is 9.72. The van der Waals surface area contributed by atoms with Gasteiger partial charge in [-0.05, 0) is 24.3 Å². The van der Waals surface area contributed by atoms with Crippen LogP contribution in [-0.2, 0) is 4.74 Å². The van der Waals surface area contributed by atoms with E-state index >= 15 is 0 Å². The van der Waals surface area contributed by atoms with Gasteiger partial charge in [0.25, 0.3) is 11.8 Å². The zero-order valence-electron chi connectivity index (χ0n) is 14.7. The molecule has 0 bridgehead atoms. The molecule has 3 N–H and O–H groups in total. The van der Waals surface area contributed by atoms with Crippen molar-refractivity contribution in [2.24, 2.45) is 0 Å². The van der Waals surface area contributed by atoms with Crippen LogP contribution >= 0.6 is 11.8 Å². The van der Waals surface area contributed by atoms with Crippen LogP contribution in [0.3, 0.4) is 0 Å². The molecule has 0 radical (unpaired) electrons. The standard InChI is InChI=1S/C20H19NO6S/c22-10-14-16(23)17(24)15(20(27-14)28-11-6-2-1-3-7-11)21-18(25)12-8-4-5-9-13(12)19(21)26/h1-9,14-17,20,22-24H,10H2/t14?,15?,16-,17-,20+/m1/s1. The summed E-state index contributed by atoms with van der Waals surface area (Å²) in [5, 5.41) is 30.6. The molecule has 2 aromatic carbocycles. The topological polar surface area (TPSA) is 107 Å². The fraction of sp³-hybridized carbons (Fsp3) is 0.300. The number of amides is 2. The van der Waals surface area contributed by atoms with Gasteiger partial charge in [-0.1, -0.05) is 42.1 Å². The molecule has 8 heteroatoms. The van der Waals surface area contributed by atoms with Crippen LogP contribution in [0.4, 0.5) is 0 Å². The number of rotatable bonds is 4. The molecule has 28 heavy (non-hydrogen) atoms. The van der Waals surface area contributed by atoms with Gasteiger partial charge in [0.15, 0.2) is 0 Å². The van der Waals surface area contributed by atoms with E-state index in [0.29, 0.717) is 0 Å². The lowest BCUT2D eigenvalue weighted by atomic mass is 9.97. The second kappa shape index (κ2) is 7.65. The highest BCUT2D eigenvalue weighted by atomic mass is 32.2. The van der Waals surface area contributed by atoms with Crippen molar-refractivity contribution in [2.75, 3.05) is 6.61 Å². The van der Waals surface area contributed by atoms with Gasteiger partial charge in [0.1, 0.15) is 29.8 Å². The number of fused-ring (bicyclic) bond motifs is 1. The Balaban J connectivity index is 1.71. The molecule has 7 nitrogen and oxygen atoms in total. The second-order valence-electron chi connectivity index (χ2n) is 6.65. The largest absolute Gasteiger partial charge is 0.394 e. The average molecular weight is 401 g/mol. The molecule has 2 aliphatic rings. The van der Waals surface area contributed by atoms with E-state index in [9.17, 15) is 24.9 Å². The third-order valence-electron chi connectivity index (χ3n) is 4.97. The van der Waals surface area contributed by atoms with Crippen molar-refractivity contribution in [1.29, 1.82) is 0 Å². The van der Waals surface area contributed by atoms with Gasteiger partial charge in [-0.3, -0.25) is 14.5 Å². The van der Waals surface area contributed by atoms with Gasteiger partial charge in [0, 0.05) is 4.90 Å². The van der Waals surface area contributed by atoms with E-state index in [1.54, 1.807) is 24.3 Å². The van der Waals surface area contributed by atoms with Gasteiger partial charge in [-0.2, -0.15) is 0 Å². The second-order valence-corrected chi connectivity index (χ2v) is 7.83. The smallest absolute Gasteiger partial charge is 0.262 e. The Hall–Kier alpha value is -2.23. The Morgan fingerprint density at radius 1 is 0.893 bits per heavy atom.